The quantitative estimate of drug-likeness (QED) is 0.310. The summed E-state index contributed by atoms with van der Waals surface area (Å²) in [5.41, 5.74) is 9.56. The molecule has 2 saturated carbocycles. The number of rotatable bonds is 7. The van der Waals surface area contributed by atoms with E-state index in [9.17, 15) is 5.11 Å². The van der Waals surface area contributed by atoms with Crippen molar-refractivity contribution in [3.05, 3.63) is 47.4 Å². The molecule has 2 aliphatic rings. The standard InChI is InChI=1S/C25H28N6O2.C2H6/c1-30-12-16-11-18(21(14-7-8-14)26-24(16)28-30)25-27-22(23(31(25)2)15-9-10-15)17-5-4-6-20(29-33-3)19(17)13-32;1-2/h4-6,11-12,14-15,29,32H,7-10,13H2,1-3H3;1-2H3/p+1. The lowest BCUT2D eigenvalue weighted by Crippen LogP contribution is -2.76. The van der Waals surface area contributed by atoms with Gasteiger partial charge in [0.05, 0.1) is 30.7 Å². The molecule has 3 N–H and O–H groups in total. The lowest BCUT2D eigenvalue weighted by atomic mass is 10.0. The van der Waals surface area contributed by atoms with Crippen LogP contribution in [0.1, 0.15) is 68.3 Å². The Balaban J connectivity index is 0.00000124. The Kier molecular flexibility index (Phi) is 6.44. The number of quaternary nitrogens is 1. The topological polar surface area (TPSA) is 94.6 Å². The number of aliphatic hydroxyl groups is 1. The number of nitrogens with two attached hydrogens (primary N) is 1. The number of aromatic nitrogens is 5. The van der Waals surface area contributed by atoms with Gasteiger partial charge in [-0.1, -0.05) is 26.0 Å². The Bertz CT molecular complexity index is 1360. The molecule has 0 aliphatic heterocycles. The van der Waals surface area contributed by atoms with Crippen molar-refractivity contribution < 1.29 is 15.4 Å². The van der Waals surface area contributed by atoms with Crippen LogP contribution in [0.25, 0.3) is 33.7 Å². The minimum atomic E-state index is -0.0715. The number of pyridine rings is 1. The molecule has 0 spiro atoms. The monoisotopic (exact) mass is 475 g/mol. The molecule has 1 aromatic carbocycles. The van der Waals surface area contributed by atoms with Crippen LogP contribution in [0.2, 0.25) is 0 Å². The van der Waals surface area contributed by atoms with Crippen molar-refractivity contribution in [2.24, 2.45) is 14.1 Å². The van der Waals surface area contributed by atoms with Gasteiger partial charge in [0.1, 0.15) is 5.82 Å². The summed E-state index contributed by atoms with van der Waals surface area (Å²) >= 11 is 0. The van der Waals surface area contributed by atoms with Crippen LogP contribution in [-0.4, -0.2) is 36.5 Å². The van der Waals surface area contributed by atoms with Crippen molar-refractivity contribution in [3.63, 3.8) is 0 Å². The summed E-state index contributed by atoms with van der Waals surface area (Å²) in [6.07, 6.45) is 6.67. The molecular formula is C27H35N6O2+. The normalized spacial score (nSPS) is 15.4. The number of aryl methyl sites for hydroxylation is 1. The molecule has 0 saturated heterocycles. The van der Waals surface area contributed by atoms with Crippen molar-refractivity contribution in [1.82, 2.24) is 24.3 Å². The van der Waals surface area contributed by atoms with E-state index in [1.807, 2.05) is 43.9 Å². The minimum absolute atomic E-state index is 0.0715. The van der Waals surface area contributed by atoms with Crippen LogP contribution < -0.4 is 5.48 Å². The molecule has 8 heteroatoms. The first-order chi connectivity index (χ1) is 17.1. The first-order valence-electron chi connectivity index (χ1n) is 12.6. The summed E-state index contributed by atoms with van der Waals surface area (Å²) < 4.78 is 4.08. The van der Waals surface area contributed by atoms with Crippen LogP contribution in [0.15, 0.2) is 30.5 Å². The summed E-state index contributed by atoms with van der Waals surface area (Å²) in [4.78, 5) is 15.5. The van der Waals surface area contributed by atoms with Crippen molar-refractivity contribution >= 4 is 16.7 Å². The molecular weight excluding hydrogens is 440 g/mol. The molecule has 0 atom stereocenters. The van der Waals surface area contributed by atoms with Gasteiger partial charge in [0.25, 0.3) is 0 Å². The van der Waals surface area contributed by atoms with Crippen LogP contribution >= 0.6 is 0 Å². The van der Waals surface area contributed by atoms with Gasteiger partial charge < -0.3 is 9.67 Å². The maximum Gasteiger partial charge on any atom is 0.181 e. The largest absolute Gasteiger partial charge is 0.391 e. The van der Waals surface area contributed by atoms with Crippen LogP contribution in [0.4, 0.5) is 5.69 Å². The van der Waals surface area contributed by atoms with Gasteiger partial charge in [0.2, 0.25) is 0 Å². The van der Waals surface area contributed by atoms with Gasteiger partial charge in [-0.05, 0) is 31.7 Å². The highest BCUT2D eigenvalue weighted by Crippen LogP contribution is 2.48. The Morgan fingerprint density at radius 1 is 1.06 bits per heavy atom. The number of nitrogens with zero attached hydrogens (tertiary/aromatic N) is 5. The van der Waals surface area contributed by atoms with Gasteiger partial charge in [-0.2, -0.15) is 10.6 Å². The summed E-state index contributed by atoms with van der Waals surface area (Å²) in [6, 6.07) is 8.22. The average molecular weight is 476 g/mol. The molecule has 2 fully saturated rings. The SMILES string of the molecule is CC.CO[NH2+]c1cccc(-c2nc(-c3cc4cn(C)nc4nc3C3CC3)n(C)c2C2CC2)c1CO. The highest BCUT2D eigenvalue weighted by atomic mass is 16.6. The van der Waals surface area contributed by atoms with Crippen LogP contribution in [0.5, 0.6) is 0 Å². The van der Waals surface area contributed by atoms with E-state index in [2.05, 4.69) is 28.8 Å². The summed E-state index contributed by atoms with van der Waals surface area (Å²) in [5.74, 6) is 1.91. The van der Waals surface area contributed by atoms with Crippen molar-refractivity contribution in [1.29, 1.82) is 0 Å². The number of imidazole rings is 1. The van der Waals surface area contributed by atoms with Crippen LogP contribution in [-0.2, 0) is 25.5 Å². The fraction of sp³-hybridized carbons (Fsp3) is 0.444. The van der Waals surface area contributed by atoms with E-state index in [1.165, 1.54) is 18.5 Å². The molecule has 3 aromatic heterocycles. The zero-order valence-corrected chi connectivity index (χ0v) is 21.2. The smallest absolute Gasteiger partial charge is 0.181 e. The number of aliphatic hydroxyl groups excluding tert-OH is 1. The molecule has 35 heavy (non-hydrogen) atoms. The highest BCUT2D eigenvalue weighted by Gasteiger charge is 2.35. The van der Waals surface area contributed by atoms with Gasteiger partial charge in [0.15, 0.2) is 11.3 Å². The molecule has 4 aromatic rings. The molecule has 0 unspecified atom stereocenters. The lowest BCUT2D eigenvalue weighted by molar-refractivity contribution is -0.830. The Hall–Kier alpha value is -3.07. The van der Waals surface area contributed by atoms with E-state index >= 15 is 0 Å². The molecule has 3 heterocycles. The second-order valence-corrected chi connectivity index (χ2v) is 9.30. The molecule has 6 rings (SSSR count). The number of benzene rings is 1. The Morgan fingerprint density at radius 3 is 2.46 bits per heavy atom. The Labute approximate surface area is 205 Å². The van der Waals surface area contributed by atoms with Gasteiger partial charge in [-0.15, -0.1) is 0 Å². The first kappa shape index (κ1) is 23.7. The van der Waals surface area contributed by atoms with Crippen LogP contribution in [0, 0.1) is 0 Å². The zero-order chi connectivity index (χ0) is 24.7. The van der Waals surface area contributed by atoms with E-state index in [4.69, 9.17) is 14.8 Å². The van der Waals surface area contributed by atoms with E-state index in [0.717, 1.165) is 63.5 Å². The van der Waals surface area contributed by atoms with Gasteiger partial charge in [-0.3, -0.25) is 4.68 Å². The van der Waals surface area contributed by atoms with E-state index in [0.29, 0.717) is 11.8 Å². The van der Waals surface area contributed by atoms with Crippen molar-refractivity contribution in [3.8, 4) is 22.6 Å². The number of hydrogen-bond donors (Lipinski definition) is 2. The third kappa shape index (κ3) is 4.26. The van der Waals surface area contributed by atoms with E-state index in [-0.39, 0.29) is 6.61 Å². The Morgan fingerprint density at radius 2 is 1.80 bits per heavy atom. The fourth-order valence-electron chi connectivity index (χ4n) is 4.95. The van der Waals surface area contributed by atoms with Gasteiger partial charge in [0, 0.05) is 60.4 Å². The zero-order valence-electron chi connectivity index (χ0n) is 21.2. The third-order valence-electron chi connectivity index (χ3n) is 6.82. The molecule has 2 aliphatic carbocycles. The van der Waals surface area contributed by atoms with E-state index < -0.39 is 0 Å². The lowest BCUT2D eigenvalue weighted by Gasteiger charge is -2.11. The highest BCUT2D eigenvalue weighted by molar-refractivity contribution is 5.82. The fourth-order valence-corrected chi connectivity index (χ4v) is 4.95. The van der Waals surface area contributed by atoms with E-state index in [1.54, 1.807) is 12.6 Å². The molecule has 0 radical (unpaired) electrons. The molecule has 184 valence electrons. The predicted molar refractivity (Wildman–Crippen MR) is 136 cm³/mol. The van der Waals surface area contributed by atoms with Crippen molar-refractivity contribution in [2.45, 2.75) is 58.0 Å². The third-order valence-corrected chi connectivity index (χ3v) is 6.82. The molecule has 8 nitrogen and oxygen atoms in total. The van der Waals surface area contributed by atoms with Crippen LogP contribution in [0.3, 0.4) is 0 Å². The summed E-state index contributed by atoms with van der Waals surface area (Å²) in [5, 5.41) is 15.8. The molecule has 0 bridgehead atoms. The van der Waals surface area contributed by atoms with Gasteiger partial charge in [-0.25, -0.2) is 14.8 Å². The number of hydrogen-bond acceptors (Lipinski definition) is 5. The average Bonchev–Trinajstić information content (AvgIpc) is 3.80. The second kappa shape index (κ2) is 9.53. The second-order valence-electron chi connectivity index (χ2n) is 9.30. The maximum absolute atomic E-state index is 10.2. The summed E-state index contributed by atoms with van der Waals surface area (Å²) in [6.45, 7) is 3.93. The van der Waals surface area contributed by atoms with Crippen molar-refractivity contribution in [2.75, 3.05) is 7.11 Å². The van der Waals surface area contributed by atoms with Gasteiger partial charge >= 0.3 is 0 Å². The predicted octanol–water partition coefficient (Wildman–Crippen LogP) is 4.07. The number of fused-ring (bicyclic) bond motifs is 1. The minimum Gasteiger partial charge on any atom is -0.391 e. The summed E-state index contributed by atoms with van der Waals surface area (Å²) in [7, 11) is 5.68. The maximum atomic E-state index is 10.2. The molecule has 0 amide bonds. The first-order valence-corrected chi connectivity index (χ1v) is 12.6.